The molecule has 0 unspecified atom stereocenters. The SMILES string of the molecule is CSc1c(N)nsc1NCCc1ccsc1. The predicted molar refractivity (Wildman–Crippen MR) is 74.8 cm³/mol. The first kappa shape index (κ1) is 11.8. The fourth-order valence-corrected chi connectivity index (χ4v) is 3.63. The van der Waals surface area contributed by atoms with Gasteiger partial charge in [0.05, 0.1) is 4.90 Å². The lowest BCUT2D eigenvalue weighted by molar-refractivity contribution is 1.03. The van der Waals surface area contributed by atoms with Gasteiger partial charge in [-0.2, -0.15) is 15.7 Å². The lowest BCUT2D eigenvalue weighted by Gasteiger charge is -2.04. The average Bonchev–Trinajstić information content (AvgIpc) is 2.89. The maximum Gasteiger partial charge on any atom is 0.153 e. The van der Waals surface area contributed by atoms with Crippen molar-refractivity contribution in [3.63, 3.8) is 0 Å². The number of nitrogens with zero attached hydrogens (tertiary/aromatic N) is 1. The number of hydrogen-bond acceptors (Lipinski definition) is 6. The Kier molecular flexibility index (Phi) is 4.09. The topological polar surface area (TPSA) is 50.9 Å². The number of aromatic nitrogens is 1. The van der Waals surface area contributed by atoms with Crippen LogP contribution in [0.4, 0.5) is 10.8 Å². The summed E-state index contributed by atoms with van der Waals surface area (Å²) in [4.78, 5) is 1.07. The third-order valence-electron chi connectivity index (χ3n) is 2.16. The van der Waals surface area contributed by atoms with Crippen LogP contribution in [0.3, 0.4) is 0 Å². The van der Waals surface area contributed by atoms with E-state index in [0.717, 1.165) is 22.9 Å². The van der Waals surface area contributed by atoms with Crippen LogP contribution in [-0.4, -0.2) is 17.2 Å². The van der Waals surface area contributed by atoms with Crippen LogP contribution in [0.1, 0.15) is 5.56 Å². The van der Waals surface area contributed by atoms with Crippen molar-refractivity contribution in [1.29, 1.82) is 0 Å². The van der Waals surface area contributed by atoms with Gasteiger partial charge in [-0.25, -0.2) is 0 Å². The van der Waals surface area contributed by atoms with Gasteiger partial charge >= 0.3 is 0 Å². The molecule has 0 saturated heterocycles. The number of thiophene rings is 1. The van der Waals surface area contributed by atoms with E-state index in [0.29, 0.717) is 5.82 Å². The first-order chi connectivity index (χ1) is 7.81. The van der Waals surface area contributed by atoms with Crippen LogP contribution in [0.2, 0.25) is 0 Å². The van der Waals surface area contributed by atoms with E-state index in [1.165, 1.54) is 17.1 Å². The van der Waals surface area contributed by atoms with Crippen molar-refractivity contribution < 1.29 is 0 Å². The molecule has 6 heteroatoms. The van der Waals surface area contributed by atoms with Gasteiger partial charge in [-0.05, 0) is 46.6 Å². The normalized spacial score (nSPS) is 10.6. The fourth-order valence-electron chi connectivity index (χ4n) is 1.36. The van der Waals surface area contributed by atoms with Crippen LogP contribution < -0.4 is 11.1 Å². The summed E-state index contributed by atoms with van der Waals surface area (Å²) in [6.07, 6.45) is 3.05. The van der Waals surface area contributed by atoms with Gasteiger partial charge in [-0.15, -0.1) is 11.8 Å². The van der Waals surface area contributed by atoms with E-state index in [4.69, 9.17) is 5.73 Å². The maximum atomic E-state index is 5.76. The van der Waals surface area contributed by atoms with Crippen molar-refractivity contribution in [1.82, 2.24) is 4.37 Å². The highest BCUT2D eigenvalue weighted by Crippen LogP contribution is 2.34. The van der Waals surface area contributed by atoms with Gasteiger partial charge < -0.3 is 11.1 Å². The predicted octanol–water partition coefficient (Wildman–Crippen LogP) is 3.16. The highest BCUT2D eigenvalue weighted by Gasteiger charge is 2.09. The molecular formula is C10H13N3S3. The van der Waals surface area contributed by atoms with E-state index in [1.807, 2.05) is 6.26 Å². The van der Waals surface area contributed by atoms with Gasteiger partial charge in [0, 0.05) is 6.54 Å². The van der Waals surface area contributed by atoms with E-state index in [2.05, 4.69) is 26.5 Å². The van der Waals surface area contributed by atoms with Crippen LogP contribution in [0, 0.1) is 0 Å². The Hall–Kier alpha value is -0.720. The lowest BCUT2D eigenvalue weighted by Crippen LogP contribution is -2.03. The second kappa shape index (κ2) is 5.56. The van der Waals surface area contributed by atoms with E-state index < -0.39 is 0 Å². The summed E-state index contributed by atoms with van der Waals surface area (Å²) < 4.78 is 4.14. The van der Waals surface area contributed by atoms with E-state index >= 15 is 0 Å². The molecule has 0 aliphatic rings. The molecule has 0 radical (unpaired) electrons. The molecule has 0 aromatic carbocycles. The van der Waals surface area contributed by atoms with E-state index in [9.17, 15) is 0 Å². The lowest BCUT2D eigenvalue weighted by atomic mass is 10.2. The van der Waals surface area contributed by atoms with Gasteiger partial charge in [-0.3, -0.25) is 0 Å². The largest absolute Gasteiger partial charge is 0.382 e. The highest BCUT2D eigenvalue weighted by molar-refractivity contribution is 7.99. The third kappa shape index (κ3) is 2.69. The molecule has 3 nitrogen and oxygen atoms in total. The molecule has 0 amide bonds. The summed E-state index contributed by atoms with van der Waals surface area (Å²) in [5.41, 5.74) is 7.13. The maximum absolute atomic E-state index is 5.76. The summed E-state index contributed by atoms with van der Waals surface area (Å²) in [5, 5.41) is 8.75. The first-order valence-corrected chi connectivity index (χ1v) is 7.79. The van der Waals surface area contributed by atoms with Crippen LogP contribution in [-0.2, 0) is 6.42 Å². The zero-order valence-electron chi connectivity index (χ0n) is 8.90. The highest BCUT2D eigenvalue weighted by atomic mass is 32.2. The second-order valence-corrected chi connectivity index (χ2v) is 5.61. The Morgan fingerprint density at radius 1 is 1.56 bits per heavy atom. The monoisotopic (exact) mass is 271 g/mol. The minimum atomic E-state index is 0.635. The summed E-state index contributed by atoms with van der Waals surface area (Å²) >= 11 is 4.81. The van der Waals surface area contributed by atoms with Crippen molar-refractivity contribution in [2.45, 2.75) is 11.3 Å². The van der Waals surface area contributed by atoms with Crippen molar-refractivity contribution in [3.05, 3.63) is 22.4 Å². The molecule has 2 aromatic rings. The molecule has 2 heterocycles. The number of nitrogens with two attached hydrogens (primary N) is 1. The van der Waals surface area contributed by atoms with Crippen molar-refractivity contribution in [2.75, 3.05) is 23.9 Å². The summed E-state index contributed by atoms with van der Waals surface area (Å²) in [6, 6.07) is 2.16. The Balaban J connectivity index is 1.89. The minimum Gasteiger partial charge on any atom is -0.382 e. The molecule has 3 N–H and O–H groups in total. The molecule has 0 saturated carbocycles. The smallest absolute Gasteiger partial charge is 0.153 e. The van der Waals surface area contributed by atoms with Gasteiger partial charge in [0.25, 0.3) is 0 Å². The standard InChI is InChI=1S/C10H13N3S3/c1-14-8-9(11)13-16-10(8)12-4-2-7-3-5-15-6-7/h3,5-6,12H,2,4H2,1H3,(H2,11,13). The van der Waals surface area contributed by atoms with Gasteiger partial charge in [-0.1, -0.05) is 0 Å². The van der Waals surface area contributed by atoms with Crippen molar-refractivity contribution in [3.8, 4) is 0 Å². The number of anilines is 2. The third-order valence-corrected chi connectivity index (χ3v) is 4.66. The van der Waals surface area contributed by atoms with Gasteiger partial charge in [0.15, 0.2) is 5.82 Å². The van der Waals surface area contributed by atoms with Gasteiger partial charge in [0.2, 0.25) is 0 Å². The van der Waals surface area contributed by atoms with Crippen molar-refractivity contribution >= 4 is 45.5 Å². The summed E-state index contributed by atoms with van der Waals surface area (Å²) in [5.74, 6) is 0.635. The zero-order chi connectivity index (χ0) is 11.4. The van der Waals surface area contributed by atoms with Crippen LogP contribution in [0.15, 0.2) is 21.7 Å². The van der Waals surface area contributed by atoms with E-state index in [1.54, 1.807) is 23.1 Å². The number of thioether (sulfide) groups is 1. The Bertz CT molecular complexity index is 436. The number of rotatable bonds is 5. The van der Waals surface area contributed by atoms with Crippen LogP contribution >= 0.6 is 34.6 Å². The molecule has 0 aliphatic heterocycles. The molecular weight excluding hydrogens is 258 g/mol. The average molecular weight is 271 g/mol. The molecule has 0 spiro atoms. The summed E-state index contributed by atoms with van der Waals surface area (Å²) in [6.45, 7) is 0.923. The molecule has 0 atom stereocenters. The molecule has 0 fully saturated rings. The molecule has 0 aliphatic carbocycles. The quantitative estimate of drug-likeness (QED) is 0.820. The van der Waals surface area contributed by atoms with Crippen LogP contribution in [0.25, 0.3) is 0 Å². The Morgan fingerprint density at radius 3 is 3.12 bits per heavy atom. The zero-order valence-corrected chi connectivity index (χ0v) is 11.3. The molecule has 86 valence electrons. The Morgan fingerprint density at radius 2 is 2.44 bits per heavy atom. The van der Waals surface area contributed by atoms with Crippen LogP contribution in [0.5, 0.6) is 0 Å². The molecule has 16 heavy (non-hydrogen) atoms. The number of hydrogen-bond donors (Lipinski definition) is 2. The number of nitrogen functional groups attached to an aromatic ring is 1. The molecule has 0 bridgehead atoms. The number of nitrogens with one attached hydrogen (secondary N) is 1. The molecule has 2 rings (SSSR count). The first-order valence-electron chi connectivity index (χ1n) is 4.85. The second-order valence-electron chi connectivity index (χ2n) is 3.24. The van der Waals surface area contributed by atoms with Crippen molar-refractivity contribution in [2.24, 2.45) is 0 Å². The Labute approximate surface area is 107 Å². The fraction of sp³-hybridized carbons (Fsp3) is 0.300. The van der Waals surface area contributed by atoms with E-state index in [-0.39, 0.29) is 0 Å². The molecule has 2 aromatic heterocycles. The van der Waals surface area contributed by atoms with Gasteiger partial charge in [0.1, 0.15) is 5.00 Å². The summed E-state index contributed by atoms with van der Waals surface area (Å²) in [7, 11) is 0. The minimum absolute atomic E-state index is 0.635.